The second-order valence-electron chi connectivity index (χ2n) is 6.21. The van der Waals surface area contributed by atoms with E-state index in [1.165, 1.54) is 0 Å². The van der Waals surface area contributed by atoms with E-state index in [-0.39, 0.29) is 12.8 Å². The molecule has 0 aromatic rings. The lowest BCUT2D eigenvalue weighted by Gasteiger charge is -2.35. The highest BCUT2D eigenvalue weighted by Crippen LogP contribution is 2.53. The van der Waals surface area contributed by atoms with E-state index in [9.17, 15) is 57.1 Å². The average molecular weight is 432 g/mol. The Balaban J connectivity index is 5.79. The number of rotatable bonds is 8. The van der Waals surface area contributed by atoms with Crippen LogP contribution in [0.3, 0.4) is 0 Å². The van der Waals surface area contributed by atoms with Gasteiger partial charge in [-0.2, -0.15) is 52.7 Å². The second kappa shape index (κ2) is 8.62. The van der Waals surface area contributed by atoms with Crippen molar-refractivity contribution in [2.75, 3.05) is 0 Å². The molecule has 0 bridgehead atoms. The smallest absolute Gasteiger partial charge is 0.224 e. The molecular formula is C14H17F13. The van der Waals surface area contributed by atoms with E-state index in [4.69, 9.17) is 0 Å². The summed E-state index contributed by atoms with van der Waals surface area (Å²) in [4.78, 5) is 0. The van der Waals surface area contributed by atoms with Gasteiger partial charge in [-0.25, -0.2) is 4.39 Å². The molecule has 0 aromatic carbocycles. The van der Waals surface area contributed by atoms with Gasteiger partial charge < -0.3 is 0 Å². The summed E-state index contributed by atoms with van der Waals surface area (Å²) in [6.45, 7) is 1.56. The third kappa shape index (κ3) is 7.20. The Kier molecular flexibility index (Phi) is 8.33. The summed E-state index contributed by atoms with van der Waals surface area (Å²) in [6, 6.07) is 0. The van der Waals surface area contributed by atoms with Gasteiger partial charge in [0, 0.05) is 6.42 Å². The molecular weight excluding hydrogens is 415 g/mol. The summed E-state index contributed by atoms with van der Waals surface area (Å²) >= 11 is 0. The highest BCUT2D eigenvalue weighted by molar-refractivity contribution is 4.97. The molecule has 0 aliphatic heterocycles. The maximum Gasteiger partial charge on any atom is 0.431 e. The predicted octanol–water partition coefficient (Wildman–Crippen LogP) is 7.54. The summed E-state index contributed by atoms with van der Waals surface area (Å²) < 4.78 is 166. The highest BCUT2D eigenvalue weighted by Gasteiger charge is 2.74. The molecule has 0 aliphatic rings. The van der Waals surface area contributed by atoms with E-state index in [2.05, 4.69) is 0 Å². The van der Waals surface area contributed by atoms with Gasteiger partial charge in [0.1, 0.15) is 0 Å². The van der Waals surface area contributed by atoms with Gasteiger partial charge in [0.15, 0.2) is 0 Å². The lowest BCUT2D eigenvalue weighted by Crippen LogP contribution is -2.55. The first-order chi connectivity index (χ1) is 11.8. The Hall–Kier alpha value is -0.910. The van der Waals surface area contributed by atoms with Crippen molar-refractivity contribution in [1.29, 1.82) is 0 Å². The maximum absolute atomic E-state index is 13.6. The van der Waals surface area contributed by atoms with Crippen LogP contribution in [0.5, 0.6) is 0 Å². The molecule has 0 heterocycles. The Morgan fingerprint density at radius 2 is 1.00 bits per heavy atom. The quantitative estimate of drug-likeness (QED) is 0.275. The minimum absolute atomic E-state index is 0.168. The van der Waals surface area contributed by atoms with Gasteiger partial charge in [-0.15, -0.1) is 0 Å². The van der Waals surface area contributed by atoms with Crippen LogP contribution in [0.1, 0.15) is 45.4 Å². The first-order valence-corrected chi connectivity index (χ1v) is 7.73. The van der Waals surface area contributed by atoms with E-state index >= 15 is 0 Å². The van der Waals surface area contributed by atoms with Gasteiger partial charge in [-0.05, 0) is 12.8 Å². The third-order valence-corrected chi connectivity index (χ3v) is 4.08. The van der Waals surface area contributed by atoms with Crippen molar-refractivity contribution in [1.82, 2.24) is 0 Å². The SMILES string of the molecule is CCCCCC(CC(CC(F)(C(F)(F)F)C(F)(F)F)C(F)(F)F)C(F)(F)F. The number of halogens is 13. The third-order valence-electron chi connectivity index (χ3n) is 4.08. The molecule has 0 radical (unpaired) electrons. The van der Waals surface area contributed by atoms with Crippen molar-refractivity contribution >= 4 is 0 Å². The minimum Gasteiger partial charge on any atom is -0.224 e. The summed E-state index contributed by atoms with van der Waals surface area (Å²) in [6.07, 6.45) is -30.7. The van der Waals surface area contributed by atoms with E-state index in [1.54, 1.807) is 6.92 Å². The van der Waals surface area contributed by atoms with Gasteiger partial charge in [0.25, 0.3) is 5.67 Å². The summed E-state index contributed by atoms with van der Waals surface area (Å²) in [5, 5.41) is 0. The fourth-order valence-corrected chi connectivity index (χ4v) is 2.46. The zero-order chi connectivity index (χ0) is 21.9. The zero-order valence-corrected chi connectivity index (χ0v) is 13.8. The monoisotopic (exact) mass is 432 g/mol. The van der Waals surface area contributed by atoms with Crippen LogP contribution in [0.2, 0.25) is 0 Å². The van der Waals surface area contributed by atoms with Crippen LogP contribution in [0.25, 0.3) is 0 Å². The van der Waals surface area contributed by atoms with Crippen LogP contribution in [0, 0.1) is 11.8 Å². The van der Waals surface area contributed by atoms with Crippen LogP contribution in [0.4, 0.5) is 57.1 Å². The van der Waals surface area contributed by atoms with E-state index in [1.807, 2.05) is 0 Å². The minimum atomic E-state index is -6.77. The van der Waals surface area contributed by atoms with Crippen LogP contribution in [-0.4, -0.2) is 30.4 Å². The lowest BCUT2D eigenvalue weighted by molar-refractivity contribution is -0.353. The first-order valence-electron chi connectivity index (χ1n) is 7.73. The Morgan fingerprint density at radius 3 is 1.30 bits per heavy atom. The number of hydrogen-bond donors (Lipinski definition) is 0. The molecule has 0 aliphatic carbocycles. The van der Waals surface area contributed by atoms with E-state index < -0.39 is 61.5 Å². The van der Waals surface area contributed by atoms with E-state index in [0.29, 0.717) is 6.42 Å². The molecule has 0 nitrogen and oxygen atoms in total. The van der Waals surface area contributed by atoms with Crippen LogP contribution < -0.4 is 0 Å². The van der Waals surface area contributed by atoms with Gasteiger partial charge in [0.2, 0.25) is 0 Å². The van der Waals surface area contributed by atoms with Crippen molar-refractivity contribution in [3.05, 3.63) is 0 Å². The fraction of sp³-hybridized carbons (Fsp3) is 1.00. The number of unbranched alkanes of at least 4 members (excludes halogenated alkanes) is 2. The molecule has 164 valence electrons. The molecule has 0 amide bonds. The van der Waals surface area contributed by atoms with Crippen molar-refractivity contribution in [3.63, 3.8) is 0 Å². The topological polar surface area (TPSA) is 0 Å². The number of hydrogen-bond acceptors (Lipinski definition) is 0. The highest BCUT2D eigenvalue weighted by atomic mass is 19.4. The van der Waals surface area contributed by atoms with Crippen molar-refractivity contribution in [2.45, 2.75) is 75.8 Å². The van der Waals surface area contributed by atoms with Crippen molar-refractivity contribution in [2.24, 2.45) is 11.8 Å². The normalized spacial score (nSPS) is 17.1. The number of alkyl halides is 13. The molecule has 0 N–H and O–H groups in total. The molecule has 0 saturated carbocycles. The maximum atomic E-state index is 13.6. The molecule has 27 heavy (non-hydrogen) atoms. The van der Waals surface area contributed by atoms with Gasteiger partial charge >= 0.3 is 24.7 Å². The average Bonchev–Trinajstić information content (AvgIpc) is 2.40. The first kappa shape index (κ1) is 26.1. The van der Waals surface area contributed by atoms with Crippen LogP contribution in [-0.2, 0) is 0 Å². The fourth-order valence-electron chi connectivity index (χ4n) is 2.46. The van der Waals surface area contributed by atoms with Gasteiger partial charge in [0.05, 0.1) is 11.8 Å². The van der Waals surface area contributed by atoms with E-state index in [0.717, 1.165) is 0 Å². The van der Waals surface area contributed by atoms with Gasteiger partial charge in [-0.3, -0.25) is 0 Å². The van der Waals surface area contributed by atoms with Gasteiger partial charge in [-0.1, -0.05) is 26.2 Å². The zero-order valence-electron chi connectivity index (χ0n) is 13.8. The predicted molar refractivity (Wildman–Crippen MR) is 68.4 cm³/mol. The lowest BCUT2D eigenvalue weighted by atomic mass is 9.82. The summed E-state index contributed by atoms with van der Waals surface area (Å²) in [5.74, 6) is -6.58. The Bertz CT molecular complexity index is 426. The molecule has 0 rings (SSSR count). The van der Waals surface area contributed by atoms with Crippen LogP contribution >= 0.6 is 0 Å². The molecule has 0 saturated heterocycles. The molecule has 0 aromatic heterocycles. The second-order valence-corrected chi connectivity index (χ2v) is 6.21. The largest absolute Gasteiger partial charge is 0.431 e. The Morgan fingerprint density at radius 1 is 0.593 bits per heavy atom. The molecule has 13 heteroatoms. The summed E-state index contributed by atoms with van der Waals surface area (Å²) in [5.41, 5.74) is -6.28. The van der Waals surface area contributed by atoms with Crippen molar-refractivity contribution in [3.8, 4) is 0 Å². The standard InChI is InChI=1S/C14H17F13/c1-2-3-4-5-8(11(16,17)18)6-9(12(19,20)21)7-10(15,13(22,23)24)14(25,26)27/h8-9H,2-7H2,1H3. The molecule has 2 unspecified atom stereocenters. The van der Waals surface area contributed by atoms with Crippen LogP contribution in [0.15, 0.2) is 0 Å². The van der Waals surface area contributed by atoms with Crippen molar-refractivity contribution < 1.29 is 57.1 Å². The molecule has 0 spiro atoms. The molecule has 2 atom stereocenters. The molecule has 0 fully saturated rings. The Labute approximate surface area is 146 Å². The summed E-state index contributed by atoms with van der Waals surface area (Å²) in [7, 11) is 0.